The number of fused-ring (bicyclic) bond motifs is 1. The summed E-state index contributed by atoms with van der Waals surface area (Å²) >= 11 is 0. The van der Waals surface area contributed by atoms with E-state index >= 15 is 4.39 Å². The van der Waals surface area contributed by atoms with Gasteiger partial charge in [-0.25, -0.2) is 18.3 Å². The third-order valence-corrected chi connectivity index (χ3v) is 17.4. The Bertz CT molecular complexity index is 3140. The first kappa shape index (κ1) is 57.3. The fraction of sp³-hybridized carbons (Fsp3) is 0.500. The standard InChI is InChI=1S/C62H74F3N9O7/c1-40-31-49(81-48-20-24-70(25-21-48)39-57(76)71-27-29-72(30-28-71)61(79)52-32-41(16-19-53(52)64)33-55-50-14-5-6-15-51(50)60(78)69-68-55)22-26-74(40)62(80)58(42-9-3-2-4-10-42)67-59(77)44-12-7-11-43(34-44)46-13-8-23-73(38-46)56(75)37-66-36-45-17-18-47(63)35-54(45)65/h5-7,11-12,14-19,32,34-35,40,42,46,48-49,58,66H,2-4,8-10,13,20-31,33,36-39H2,1H3,(H,67,77)(H,69,78)/t40-,46-,49+,58+/m1/s1. The van der Waals surface area contributed by atoms with E-state index in [1.165, 1.54) is 18.2 Å². The highest BCUT2D eigenvalue weighted by Gasteiger charge is 2.39. The van der Waals surface area contributed by atoms with Crippen LogP contribution in [-0.2, 0) is 32.1 Å². The minimum Gasteiger partial charge on any atom is -0.375 e. The van der Waals surface area contributed by atoms with Crippen molar-refractivity contribution < 1.29 is 41.9 Å². The Morgan fingerprint density at radius 1 is 0.716 bits per heavy atom. The number of piperazine rings is 1. The molecular formula is C62H74F3N9O7. The van der Waals surface area contributed by atoms with Crippen LogP contribution in [0.2, 0.25) is 0 Å². The molecule has 81 heavy (non-hydrogen) atoms. The number of benzene rings is 4. The lowest BCUT2D eigenvalue weighted by Crippen LogP contribution is -2.57. The number of piperidine rings is 3. The van der Waals surface area contributed by atoms with E-state index in [0.29, 0.717) is 92.7 Å². The van der Waals surface area contributed by atoms with Crippen LogP contribution in [0.1, 0.15) is 127 Å². The van der Waals surface area contributed by atoms with Crippen LogP contribution in [0.4, 0.5) is 13.2 Å². The summed E-state index contributed by atoms with van der Waals surface area (Å²) in [6.07, 6.45) is 9.70. The molecule has 4 aromatic carbocycles. The number of ether oxygens (including phenoxy) is 1. The third kappa shape index (κ3) is 14.0. The normalized spacial score (nSPS) is 21.0. The summed E-state index contributed by atoms with van der Waals surface area (Å²) in [5, 5.41) is 14.2. The van der Waals surface area contributed by atoms with Crippen LogP contribution in [-0.4, -0.2) is 161 Å². The van der Waals surface area contributed by atoms with Crippen molar-refractivity contribution in [2.45, 2.75) is 121 Å². The lowest BCUT2D eigenvalue weighted by Gasteiger charge is -2.42. The molecule has 430 valence electrons. The first-order valence-corrected chi connectivity index (χ1v) is 29.1. The van der Waals surface area contributed by atoms with Crippen LogP contribution in [0.25, 0.3) is 10.8 Å². The van der Waals surface area contributed by atoms with Gasteiger partial charge in [0.25, 0.3) is 17.4 Å². The van der Waals surface area contributed by atoms with Gasteiger partial charge in [-0.05, 0) is 112 Å². The maximum absolute atomic E-state index is 15.2. The second kappa shape index (κ2) is 26.3. The van der Waals surface area contributed by atoms with E-state index in [4.69, 9.17) is 4.74 Å². The molecule has 4 saturated heterocycles. The minimum absolute atomic E-state index is 0.00830. The van der Waals surface area contributed by atoms with E-state index in [0.717, 1.165) is 69.4 Å². The van der Waals surface area contributed by atoms with Crippen LogP contribution in [0, 0.1) is 23.4 Å². The van der Waals surface area contributed by atoms with Crippen molar-refractivity contribution in [2.24, 2.45) is 5.92 Å². The third-order valence-electron chi connectivity index (χ3n) is 17.4. The van der Waals surface area contributed by atoms with Gasteiger partial charge in [-0.3, -0.25) is 33.7 Å². The van der Waals surface area contributed by atoms with E-state index in [9.17, 15) is 37.5 Å². The summed E-state index contributed by atoms with van der Waals surface area (Å²) in [5.41, 5.74) is 2.66. The van der Waals surface area contributed by atoms with Gasteiger partial charge >= 0.3 is 0 Å². The lowest BCUT2D eigenvalue weighted by atomic mass is 9.82. The summed E-state index contributed by atoms with van der Waals surface area (Å²) in [6.45, 7) is 6.70. The van der Waals surface area contributed by atoms with Crippen LogP contribution < -0.4 is 16.2 Å². The molecule has 5 fully saturated rings. The molecule has 10 rings (SSSR count). The Balaban J connectivity index is 0.661. The number of hydrogen-bond acceptors (Lipinski definition) is 10. The molecule has 5 heterocycles. The molecule has 0 unspecified atom stereocenters. The number of halogens is 3. The van der Waals surface area contributed by atoms with E-state index in [1.807, 2.05) is 35.2 Å². The predicted molar refractivity (Wildman–Crippen MR) is 300 cm³/mol. The van der Waals surface area contributed by atoms with Gasteiger partial charge in [0.1, 0.15) is 23.5 Å². The van der Waals surface area contributed by atoms with Crippen molar-refractivity contribution in [3.63, 3.8) is 0 Å². The Morgan fingerprint density at radius 2 is 1.47 bits per heavy atom. The van der Waals surface area contributed by atoms with Gasteiger partial charge in [-0.1, -0.05) is 61.7 Å². The zero-order valence-corrected chi connectivity index (χ0v) is 46.2. The van der Waals surface area contributed by atoms with E-state index in [-0.39, 0.29) is 103 Å². The van der Waals surface area contributed by atoms with E-state index < -0.39 is 29.4 Å². The van der Waals surface area contributed by atoms with Crippen molar-refractivity contribution in [1.29, 1.82) is 0 Å². The molecule has 0 spiro atoms. The van der Waals surface area contributed by atoms with Gasteiger partial charge in [0.15, 0.2) is 0 Å². The summed E-state index contributed by atoms with van der Waals surface area (Å²) in [6, 6.07) is 21.7. The first-order chi connectivity index (χ1) is 39.2. The number of carbonyl (C=O) groups is 5. The molecule has 4 atom stereocenters. The molecule has 0 bridgehead atoms. The number of rotatable bonds is 16. The molecule has 1 saturated carbocycles. The molecule has 19 heteroatoms. The predicted octanol–water partition coefficient (Wildman–Crippen LogP) is 6.95. The van der Waals surface area contributed by atoms with E-state index in [1.54, 1.807) is 45.0 Å². The number of amides is 5. The van der Waals surface area contributed by atoms with Gasteiger partial charge in [-0.2, -0.15) is 5.10 Å². The summed E-state index contributed by atoms with van der Waals surface area (Å²) in [4.78, 5) is 90.8. The van der Waals surface area contributed by atoms with Crippen molar-refractivity contribution in [1.82, 2.24) is 45.3 Å². The van der Waals surface area contributed by atoms with Gasteiger partial charge < -0.3 is 35.0 Å². The highest BCUT2D eigenvalue weighted by molar-refractivity contribution is 5.98. The highest BCUT2D eigenvalue weighted by Crippen LogP contribution is 2.32. The topological polar surface area (TPSA) is 181 Å². The number of aromatic nitrogens is 2. The molecule has 1 aliphatic carbocycles. The van der Waals surface area contributed by atoms with Crippen LogP contribution in [0.3, 0.4) is 0 Å². The molecule has 16 nitrogen and oxygen atoms in total. The molecule has 4 aliphatic heterocycles. The highest BCUT2D eigenvalue weighted by atomic mass is 19.1. The van der Waals surface area contributed by atoms with Gasteiger partial charge in [0.2, 0.25) is 17.7 Å². The summed E-state index contributed by atoms with van der Waals surface area (Å²) in [7, 11) is 0. The molecule has 5 aliphatic rings. The zero-order valence-electron chi connectivity index (χ0n) is 46.2. The molecule has 5 aromatic rings. The fourth-order valence-electron chi connectivity index (χ4n) is 12.8. The van der Waals surface area contributed by atoms with Crippen molar-refractivity contribution in [3.05, 3.63) is 146 Å². The number of likely N-dealkylation sites (tertiary alicyclic amines) is 3. The lowest BCUT2D eigenvalue weighted by molar-refractivity contribution is -0.143. The molecule has 5 amide bonds. The average molecular weight is 1110 g/mol. The zero-order chi connectivity index (χ0) is 56.6. The molecule has 0 radical (unpaired) electrons. The quantitative estimate of drug-likeness (QED) is 0.0936. The Labute approximate surface area is 470 Å². The van der Waals surface area contributed by atoms with Crippen molar-refractivity contribution in [3.8, 4) is 0 Å². The van der Waals surface area contributed by atoms with E-state index in [2.05, 4.69) is 32.7 Å². The summed E-state index contributed by atoms with van der Waals surface area (Å²) in [5.74, 6) is -2.80. The monoisotopic (exact) mass is 1110 g/mol. The Hall–Kier alpha value is -6.96. The SMILES string of the molecule is C[C@@H]1C[C@@H](OC2CCN(CC(=O)N3CCN(C(=O)c4cc(Cc5n[nH]c(=O)c6ccccc56)ccc4F)CC3)CC2)CCN1C(=O)[C@@H](NC(=O)c1cccc([C@@H]2CCCN(C(=O)CNCc3ccc(F)cc3F)C2)c1)C1CCCCC1. The van der Waals surface area contributed by atoms with Gasteiger partial charge in [0.05, 0.1) is 41.9 Å². The molecular weight excluding hydrogens is 1040 g/mol. The number of H-pyrrole nitrogens is 1. The average Bonchev–Trinajstić information content (AvgIpc) is 3.49. The van der Waals surface area contributed by atoms with Gasteiger partial charge in [0, 0.05) is 106 Å². The molecule has 3 N–H and O–H groups in total. The number of aromatic amines is 1. The Kier molecular flexibility index (Phi) is 18.6. The van der Waals surface area contributed by atoms with Gasteiger partial charge in [-0.15, -0.1) is 0 Å². The van der Waals surface area contributed by atoms with Crippen LogP contribution >= 0.6 is 0 Å². The Morgan fingerprint density at radius 3 is 2.23 bits per heavy atom. The summed E-state index contributed by atoms with van der Waals surface area (Å²) < 4.78 is 49.4. The number of hydrogen-bond donors (Lipinski definition) is 3. The molecule has 1 aromatic heterocycles. The largest absolute Gasteiger partial charge is 0.375 e. The number of nitrogens with zero attached hydrogens (tertiary/aromatic N) is 6. The fourth-order valence-corrected chi connectivity index (χ4v) is 12.8. The van der Waals surface area contributed by atoms with Crippen molar-refractivity contribution >= 4 is 40.3 Å². The number of nitrogens with one attached hydrogen (secondary N) is 3. The first-order valence-electron chi connectivity index (χ1n) is 29.1. The maximum atomic E-state index is 15.2. The second-order valence-corrected chi connectivity index (χ2v) is 22.8. The minimum atomic E-state index is -0.662. The smallest absolute Gasteiger partial charge is 0.272 e. The number of carbonyl (C=O) groups excluding carboxylic acids is 5. The maximum Gasteiger partial charge on any atom is 0.272 e. The van der Waals surface area contributed by atoms with Crippen molar-refractivity contribution in [2.75, 3.05) is 72.0 Å². The van der Waals surface area contributed by atoms with Crippen LogP contribution in [0.15, 0.2) is 89.7 Å². The van der Waals surface area contributed by atoms with Crippen LogP contribution in [0.5, 0.6) is 0 Å². The second-order valence-electron chi connectivity index (χ2n) is 22.8.